The molecule has 0 saturated heterocycles. The highest BCUT2D eigenvalue weighted by Gasteiger charge is 2.30. The van der Waals surface area contributed by atoms with Gasteiger partial charge in [-0.25, -0.2) is 9.67 Å². The second-order valence-corrected chi connectivity index (χ2v) is 8.79. The molecule has 0 saturated carbocycles. The molecule has 8 nitrogen and oxygen atoms in total. The van der Waals surface area contributed by atoms with Crippen LogP contribution in [-0.2, 0) is 37.5 Å². The molecule has 5 rings (SSSR count). The number of rotatable bonds is 7. The molecule has 190 valence electrons. The second kappa shape index (κ2) is 9.57. The average Bonchev–Trinajstić information content (AvgIpc) is 3.42. The summed E-state index contributed by atoms with van der Waals surface area (Å²) in [4.78, 5) is 29.7. The predicted molar refractivity (Wildman–Crippen MR) is 132 cm³/mol. The number of para-hydroxylation sites is 1. The van der Waals surface area contributed by atoms with E-state index in [1.54, 1.807) is 0 Å². The van der Waals surface area contributed by atoms with Gasteiger partial charge in [0, 0.05) is 30.7 Å². The van der Waals surface area contributed by atoms with Gasteiger partial charge in [-0.3, -0.25) is 14.2 Å². The zero-order valence-corrected chi connectivity index (χ0v) is 19.9. The highest BCUT2D eigenvalue weighted by Crippen LogP contribution is 2.29. The van der Waals surface area contributed by atoms with E-state index in [2.05, 4.69) is 15.4 Å². The molecular weight excluding hydrogens is 485 g/mol. The molecule has 0 spiro atoms. The van der Waals surface area contributed by atoms with Crippen molar-refractivity contribution >= 4 is 27.8 Å². The highest BCUT2D eigenvalue weighted by atomic mass is 19.4. The number of carbonyl (C=O) groups is 1. The Morgan fingerprint density at radius 1 is 1.08 bits per heavy atom. The van der Waals surface area contributed by atoms with E-state index < -0.39 is 17.3 Å². The van der Waals surface area contributed by atoms with Crippen molar-refractivity contribution in [1.82, 2.24) is 29.2 Å². The number of alkyl halides is 3. The Bertz CT molecular complexity index is 1660. The van der Waals surface area contributed by atoms with Gasteiger partial charge in [-0.15, -0.1) is 0 Å². The first-order valence-electron chi connectivity index (χ1n) is 11.6. The Labute approximate surface area is 209 Å². The Morgan fingerprint density at radius 2 is 1.89 bits per heavy atom. The first-order valence-corrected chi connectivity index (χ1v) is 11.6. The lowest BCUT2D eigenvalue weighted by atomic mass is 10.1. The number of carbonyl (C=O) groups excluding carboxylic acids is 1. The molecule has 0 unspecified atom stereocenters. The van der Waals surface area contributed by atoms with Crippen LogP contribution in [-0.4, -0.2) is 36.4 Å². The average molecular weight is 509 g/mol. The van der Waals surface area contributed by atoms with Gasteiger partial charge in [0.2, 0.25) is 5.91 Å². The number of nitrogens with zero attached hydrogens (tertiary/aromatic N) is 5. The monoisotopic (exact) mass is 508 g/mol. The third-order valence-electron chi connectivity index (χ3n) is 6.21. The predicted octanol–water partition coefficient (Wildman–Crippen LogP) is 3.51. The van der Waals surface area contributed by atoms with Crippen molar-refractivity contribution < 1.29 is 18.0 Å². The number of aromatic nitrogens is 5. The van der Waals surface area contributed by atoms with Crippen LogP contribution in [0.1, 0.15) is 16.7 Å². The summed E-state index contributed by atoms with van der Waals surface area (Å²) in [6.07, 6.45) is 0.390. The van der Waals surface area contributed by atoms with Crippen molar-refractivity contribution in [3.05, 3.63) is 94.3 Å². The lowest BCUT2D eigenvalue weighted by Crippen LogP contribution is -2.29. The highest BCUT2D eigenvalue weighted by molar-refractivity contribution is 5.89. The minimum atomic E-state index is -4.46. The van der Waals surface area contributed by atoms with Crippen LogP contribution in [0, 0.1) is 0 Å². The standard InChI is InChI=1S/C26H23F3N6O2/c1-33-15-18(20-7-2-3-8-22(20)33)12-23(36)30-9-10-35-24-21(13-32-35)25(37)34(16-31-24)14-17-5-4-6-19(11-17)26(27,28)29/h2-8,11,13,15-16H,9-10,12,14H2,1H3,(H,30,36). The summed E-state index contributed by atoms with van der Waals surface area (Å²) < 4.78 is 43.8. The molecule has 0 fully saturated rings. The lowest BCUT2D eigenvalue weighted by Gasteiger charge is -2.10. The normalized spacial score (nSPS) is 11.9. The van der Waals surface area contributed by atoms with Gasteiger partial charge in [-0.1, -0.05) is 30.3 Å². The number of nitrogens with one attached hydrogen (secondary N) is 1. The van der Waals surface area contributed by atoms with E-state index in [1.807, 2.05) is 42.1 Å². The van der Waals surface area contributed by atoms with Crippen molar-refractivity contribution in [2.45, 2.75) is 25.7 Å². The van der Waals surface area contributed by atoms with E-state index in [1.165, 1.54) is 33.9 Å². The van der Waals surface area contributed by atoms with Crippen LogP contribution in [0.5, 0.6) is 0 Å². The quantitative estimate of drug-likeness (QED) is 0.365. The number of halogens is 3. The van der Waals surface area contributed by atoms with E-state index in [0.29, 0.717) is 17.8 Å². The van der Waals surface area contributed by atoms with Crippen LogP contribution < -0.4 is 10.9 Å². The van der Waals surface area contributed by atoms with E-state index in [-0.39, 0.29) is 30.8 Å². The molecule has 2 aromatic carbocycles. The maximum absolute atomic E-state index is 13.0. The Balaban J connectivity index is 1.24. The van der Waals surface area contributed by atoms with E-state index >= 15 is 0 Å². The Kier molecular flexibility index (Phi) is 6.28. The van der Waals surface area contributed by atoms with Gasteiger partial charge >= 0.3 is 6.18 Å². The molecule has 37 heavy (non-hydrogen) atoms. The molecule has 0 atom stereocenters. The van der Waals surface area contributed by atoms with Crippen molar-refractivity contribution in [2.24, 2.45) is 7.05 Å². The minimum Gasteiger partial charge on any atom is -0.354 e. The molecule has 1 amide bonds. The first kappa shape index (κ1) is 24.3. The molecule has 5 aromatic rings. The number of fused-ring (bicyclic) bond motifs is 2. The van der Waals surface area contributed by atoms with Gasteiger partial charge in [-0.2, -0.15) is 18.3 Å². The van der Waals surface area contributed by atoms with E-state index in [4.69, 9.17) is 0 Å². The van der Waals surface area contributed by atoms with Crippen molar-refractivity contribution in [2.75, 3.05) is 6.54 Å². The summed E-state index contributed by atoms with van der Waals surface area (Å²) in [6, 6.07) is 12.7. The molecule has 0 aliphatic rings. The number of hydrogen-bond donors (Lipinski definition) is 1. The van der Waals surface area contributed by atoms with Crippen LogP contribution in [0.3, 0.4) is 0 Å². The van der Waals surface area contributed by atoms with Crippen LogP contribution in [0.4, 0.5) is 13.2 Å². The summed E-state index contributed by atoms with van der Waals surface area (Å²) in [5.74, 6) is -0.135. The van der Waals surface area contributed by atoms with Crippen LogP contribution in [0.15, 0.2) is 72.0 Å². The third-order valence-corrected chi connectivity index (χ3v) is 6.21. The summed E-state index contributed by atoms with van der Waals surface area (Å²) >= 11 is 0. The lowest BCUT2D eigenvalue weighted by molar-refractivity contribution is -0.137. The fourth-order valence-electron chi connectivity index (χ4n) is 4.42. The zero-order chi connectivity index (χ0) is 26.2. The molecule has 0 bridgehead atoms. The molecule has 1 N–H and O–H groups in total. The summed E-state index contributed by atoms with van der Waals surface area (Å²) in [5.41, 5.74) is 1.48. The number of aryl methyl sites for hydroxylation is 1. The number of amides is 1. The van der Waals surface area contributed by atoms with Crippen LogP contribution in [0.2, 0.25) is 0 Å². The van der Waals surface area contributed by atoms with Gasteiger partial charge in [0.15, 0.2) is 5.65 Å². The third kappa shape index (κ3) is 4.97. The molecule has 0 aliphatic carbocycles. The zero-order valence-electron chi connectivity index (χ0n) is 19.9. The molecule has 3 heterocycles. The van der Waals surface area contributed by atoms with Gasteiger partial charge in [0.25, 0.3) is 5.56 Å². The van der Waals surface area contributed by atoms with Crippen molar-refractivity contribution in [1.29, 1.82) is 0 Å². The molecule has 0 aliphatic heterocycles. The van der Waals surface area contributed by atoms with Crippen LogP contribution in [0.25, 0.3) is 21.9 Å². The molecular formula is C26H23F3N6O2. The van der Waals surface area contributed by atoms with E-state index in [0.717, 1.165) is 28.6 Å². The number of benzene rings is 2. The molecule has 11 heteroatoms. The fraction of sp³-hybridized carbons (Fsp3) is 0.231. The SMILES string of the molecule is Cn1cc(CC(=O)NCCn2ncc3c(=O)n(Cc4cccc(C(F)(F)F)c4)cnc32)c2ccccc21. The summed E-state index contributed by atoms with van der Waals surface area (Å²) in [5, 5.41) is 8.36. The summed E-state index contributed by atoms with van der Waals surface area (Å²) in [6.45, 7) is 0.533. The second-order valence-electron chi connectivity index (χ2n) is 8.79. The Morgan fingerprint density at radius 3 is 2.70 bits per heavy atom. The molecule has 0 radical (unpaired) electrons. The van der Waals surface area contributed by atoms with E-state index in [9.17, 15) is 22.8 Å². The summed E-state index contributed by atoms with van der Waals surface area (Å²) in [7, 11) is 1.94. The topological polar surface area (TPSA) is 86.7 Å². The fourth-order valence-corrected chi connectivity index (χ4v) is 4.42. The molecule has 3 aromatic heterocycles. The first-order chi connectivity index (χ1) is 17.7. The maximum Gasteiger partial charge on any atom is 0.416 e. The smallest absolute Gasteiger partial charge is 0.354 e. The number of hydrogen-bond acceptors (Lipinski definition) is 4. The van der Waals surface area contributed by atoms with Gasteiger partial charge in [0.1, 0.15) is 11.7 Å². The minimum absolute atomic E-state index is 0.0545. The van der Waals surface area contributed by atoms with Crippen molar-refractivity contribution in [3.8, 4) is 0 Å². The Hall–Kier alpha value is -4.41. The maximum atomic E-state index is 13.0. The van der Waals surface area contributed by atoms with Crippen LogP contribution >= 0.6 is 0 Å². The largest absolute Gasteiger partial charge is 0.416 e. The van der Waals surface area contributed by atoms with Crippen molar-refractivity contribution in [3.63, 3.8) is 0 Å². The van der Waals surface area contributed by atoms with Gasteiger partial charge in [0.05, 0.1) is 31.3 Å². The van der Waals surface area contributed by atoms with Gasteiger partial charge < -0.3 is 9.88 Å². The van der Waals surface area contributed by atoms with Gasteiger partial charge in [-0.05, 0) is 29.3 Å².